The molecule has 2 aliphatic heterocycles. The number of benzene rings is 3. The molecule has 2 aliphatic rings. The fourth-order valence-electron chi connectivity index (χ4n) is 5.22. The van der Waals surface area contributed by atoms with Gasteiger partial charge in [0, 0.05) is 30.4 Å². The molecular weight excluding hydrogens is 522 g/mol. The van der Waals surface area contributed by atoms with Gasteiger partial charge in [0.2, 0.25) is 10.0 Å². The number of sulfonamides is 2. The molecule has 8 nitrogen and oxygen atoms in total. The lowest BCUT2D eigenvalue weighted by Gasteiger charge is -2.26. The van der Waals surface area contributed by atoms with Crippen LogP contribution in [0.5, 0.6) is 0 Å². The smallest absolute Gasteiger partial charge is 0.264 e. The summed E-state index contributed by atoms with van der Waals surface area (Å²) in [7, 11) is -7.59. The molecule has 1 saturated heterocycles. The number of hydrogen-bond donors (Lipinski definition) is 1. The molecule has 0 bridgehead atoms. The Balaban J connectivity index is 1.40. The second kappa shape index (κ2) is 10.2. The molecule has 1 amide bonds. The predicted octanol–water partition coefficient (Wildman–Crippen LogP) is 4.56. The van der Waals surface area contributed by atoms with Gasteiger partial charge in [-0.3, -0.25) is 9.10 Å². The van der Waals surface area contributed by atoms with Gasteiger partial charge in [-0.25, -0.2) is 16.8 Å². The number of hydrogen-bond acceptors (Lipinski definition) is 5. The van der Waals surface area contributed by atoms with Gasteiger partial charge in [-0.1, -0.05) is 36.8 Å². The van der Waals surface area contributed by atoms with Gasteiger partial charge in [-0.05, 0) is 80.6 Å². The molecular formula is C28H31N3O5S2. The number of para-hydroxylation sites is 1. The Kier molecular flexibility index (Phi) is 7.06. The van der Waals surface area contributed by atoms with E-state index in [1.807, 2.05) is 25.1 Å². The van der Waals surface area contributed by atoms with Gasteiger partial charge < -0.3 is 5.32 Å². The lowest BCUT2D eigenvalue weighted by molar-refractivity contribution is 0.102. The summed E-state index contributed by atoms with van der Waals surface area (Å²) in [6.07, 6.45) is 3.29. The van der Waals surface area contributed by atoms with Gasteiger partial charge in [-0.2, -0.15) is 4.31 Å². The molecule has 2 heterocycles. The Bertz CT molecular complexity index is 1600. The van der Waals surface area contributed by atoms with E-state index >= 15 is 0 Å². The Morgan fingerprint density at radius 2 is 1.61 bits per heavy atom. The summed E-state index contributed by atoms with van der Waals surface area (Å²) in [5, 5.41) is 2.74. The SMILES string of the molecule is Cc1ccc(NC(=O)c2cccc(S(=O)(=O)N3c4ccccc4CC3C)c2)cc1S(=O)(=O)N1CCCCC1. The molecule has 1 atom stereocenters. The third kappa shape index (κ3) is 4.83. The second-order valence-electron chi connectivity index (χ2n) is 9.91. The first-order valence-corrected chi connectivity index (χ1v) is 15.6. The number of aryl methyl sites for hydroxylation is 1. The molecule has 3 aromatic carbocycles. The van der Waals surface area contributed by atoms with Crippen molar-refractivity contribution in [2.24, 2.45) is 0 Å². The quantitative estimate of drug-likeness (QED) is 0.482. The number of fused-ring (bicyclic) bond motifs is 1. The van der Waals surface area contributed by atoms with Crippen molar-refractivity contribution in [1.29, 1.82) is 0 Å². The number of anilines is 2. The zero-order valence-corrected chi connectivity index (χ0v) is 23.1. The molecule has 0 aromatic heterocycles. The van der Waals surface area contributed by atoms with E-state index in [1.54, 1.807) is 25.1 Å². The van der Waals surface area contributed by atoms with Crippen LogP contribution in [-0.4, -0.2) is 46.2 Å². The minimum atomic E-state index is -3.91. The van der Waals surface area contributed by atoms with E-state index in [1.165, 1.54) is 38.9 Å². The van der Waals surface area contributed by atoms with Crippen molar-refractivity contribution in [2.45, 2.75) is 55.4 Å². The van der Waals surface area contributed by atoms with Crippen LogP contribution in [-0.2, 0) is 26.5 Å². The van der Waals surface area contributed by atoms with Crippen LogP contribution in [0.25, 0.3) is 0 Å². The van der Waals surface area contributed by atoms with E-state index in [-0.39, 0.29) is 21.4 Å². The average molecular weight is 554 g/mol. The van der Waals surface area contributed by atoms with Crippen LogP contribution in [0.15, 0.2) is 76.5 Å². The molecule has 38 heavy (non-hydrogen) atoms. The topological polar surface area (TPSA) is 104 Å². The highest BCUT2D eigenvalue weighted by Gasteiger charge is 2.36. The Labute approximate surface area is 224 Å². The number of amides is 1. The van der Waals surface area contributed by atoms with Crippen molar-refractivity contribution < 1.29 is 21.6 Å². The van der Waals surface area contributed by atoms with Crippen LogP contribution in [0.3, 0.4) is 0 Å². The molecule has 1 N–H and O–H groups in total. The third-order valence-corrected chi connectivity index (χ3v) is 11.1. The van der Waals surface area contributed by atoms with Crippen LogP contribution < -0.4 is 9.62 Å². The number of carbonyl (C=O) groups excluding carboxylic acids is 1. The van der Waals surface area contributed by atoms with E-state index in [0.29, 0.717) is 36.4 Å². The number of nitrogens with one attached hydrogen (secondary N) is 1. The first-order valence-electron chi connectivity index (χ1n) is 12.7. The first-order chi connectivity index (χ1) is 18.1. The van der Waals surface area contributed by atoms with Crippen LogP contribution in [0.2, 0.25) is 0 Å². The molecule has 1 fully saturated rings. The van der Waals surface area contributed by atoms with E-state index in [4.69, 9.17) is 0 Å². The van der Waals surface area contributed by atoms with Gasteiger partial charge in [0.05, 0.1) is 15.5 Å². The van der Waals surface area contributed by atoms with E-state index in [9.17, 15) is 21.6 Å². The van der Waals surface area contributed by atoms with Crippen LogP contribution in [0, 0.1) is 6.92 Å². The minimum absolute atomic E-state index is 0.0194. The third-order valence-electron chi connectivity index (χ3n) is 7.18. The summed E-state index contributed by atoms with van der Waals surface area (Å²) in [6.45, 7) is 4.56. The summed E-state index contributed by atoms with van der Waals surface area (Å²) < 4.78 is 56.6. The number of rotatable bonds is 6. The Morgan fingerprint density at radius 3 is 2.37 bits per heavy atom. The summed E-state index contributed by atoms with van der Waals surface area (Å²) in [6, 6.07) is 17.9. The van der Waals surface area contributed by atoms with Crippen molar-refractivity contribution in [3.05, 3.63) is 83.4 Å². The standard InChI is InChI=1S/C28H31N3O5S2/c1-20-13-14-24(19-27(20)38(35,36)30-15-6-3-7-16-30)29-28(32)23-10-8-11-25(18-23)37(33,34)31-21(2)17-22-9-4-5-12-26(22)31/h4-5,8-14,18-19,21H,3,6-7,15-17H2,1-2H3,(H,29,32). The van der Waals surface area contributed by atoms with E-state index in [0.717, 1.165) is 24.8 Å². The maximum atomic E-state index is 13.6. The molecule has 0 aliphatic carbocycles. The maximum absolute atomic E-state index is 13.6. The fraction of sp³-hybridized carbons (Fsp3) is 0.321. The highest BCUT2D eigenvalue weighted by atomic mass is 32.2. The molecule has 3 aromatic rings. The fourth-order valence-corrected chi connectivity index (χ4v) is 8.72. The minimum Gasteiger partial charge on any atom is -0.322 e. The van der Waals surface area contributed by atoms with Gasteiger partial charge in [0.15, 0.2) is 0 Å². The van der Waals surface area contributed by atoms with Crippen molar-refractivity contribution in [1.82, 2.24) is 4.31 Å². The summed E-state index contributed by atoms with van der Waals surface area (Å²) in [4.78, 5) is 13.3. The molecule has 5 rings (SSSR count). The normalized spacial score (nSPS) is 18.3. The number of piperidine rings is 1. The number of nitrogens with zero attached hydrogens (tertiary/aromatic N) is 2. The van der Waals surface area contributed by atoms with Crippen LogP contribution in [0.1, 0.15) is 47.7 Å². The molecule has 200 valence electrons. The molecule has 0 radical (unpaired) electrons. The molecule has 0 spiro atoms. The van der Waals surface area contributed by atoms with Crippen LogP contribution in [0.4, 0.5) is 11.4 Å². The molecule has 1 unspecified atom stereocenters. The summed E-state index contributed by atoms with van der Waals surface area (Å²) in [5.74, 6) is -0.526. The Morgan fingerprint density at radius 1 is 0.868 bits per heavy atom. The van der Waals surface area contributed by atoms with Crippen molar-refractivity contribution in [3.8, 4) is 0 Å². The van der Waals surface area contributed by atoms with Gasteiger partial charge in [-0.15, -0.1) is 0 Å². The molecule has 10 heteroatoms. The monoisotopic (exact) mass is 553 g/mol. The van der Waals surface area contributed by atoms with Crippen LogP contribution >= 0.6 is 0 Å². The van der Waals surface area contributed by atoms with Crippen molar-refractivity contribution in [3.63, 3.8) is 0 Å². The first kappa shape index (κ1) is 26.4. The van der Waals surface area contributed by atoms with Crippen molar-refractivity contribution in [2.75, 3.05) is 22.7 Å². The highest BCUT2D eigenvalue weighted by molar-refractivity contribution is 7.93. The lowest BCUT2D eigenvalue weighted by Crippen LogP contribution is -2.36. The van der Waals surface area contributed by atoms with Crippen molar-refractivity contribution >= 4 is 37.3 Å². The van der Waals surface area contributed by atoms with Gasteiger partial charge in [0.1, 0.15) is 0 Å². The highest BCUT2D eigenvalue weighted by Crippen LogP contribution is 2.36. The van der Waals surface area contributed by atoms with Gasteiger partial charge in [0.25, 0.3) is 15.9 Å². The number of carbonyl (C=O) groups is 1. The average Bonchev–Trinajstić information content (AvgIpc) is 3.26. The zero-order valence-electron chi connectivity index (χ0n) is 21.4. The zero-order chi connectivity index (χ0) is 27.1. The summed E-state index contributed by atoms with van der Waals surface area (Å²) in [5.41, 5.74) is 2.70. The second-order valence-corrected chi connectivity index (χ2v) is 13.6. The Hall–Kier alpha value is -3.21. The molecule has 0 saturated carbocycles. The van der Waals surface area contributed by atoms with Gasteiger partial charge >= 0.3 is 0 Å². The summed E-state index contributed by atoms with van der Waals surface area (Å²) >= 11 is 0. The van der Waals surface area contributed by atoms with E-state index < -0.39 is 26.0 Å². The largest absolute Gasteiger partial charge is 0.322 e. The predicted molar refractivity (Wildman–Crippen MR) is 147 cm³/mol. The maximum Gasteiger partial charge on any atom is 0.264 e. The van der Waals surface area contributed by atoms with E-state index in [2.05, 4.69) is 5.32 Å². The lowest BCUT2D eigenvalue weighted by atomic mass is 10.1.